The number of nitrogens with zero attached hydrogens (tertiary/aromatic N) is 4. The standard InChI is InChI=1S/C22H23ClN4O/c1-22(2,3)20(28)26-18(16-9-11-17(23)12-10-16)13-19(15-7-5-4-6-8-15)27-21(26)24-14-25-27/h4-12,14,18-19H,13H2,1-3H3/t18-,19+/m1/s1. The minimum atomic E-state index is -0.541. The van der Waals surface area contributed by atoms with Crippen LogP contribution in [0.15, 0.2) is 60.9 Å². The number of hydrogen-bond donors (Lipinski definition) is 0. The fourth-order valence-electron chi connectivity index (χ4n) is 3.71. The Hall–Kier alpha value is -2.66. The van der Waals surface area contributed by atoms with E-state index in [0.717, 1.165) is 11.1 Å². The Morgan fingerprint density at radius 1 is 1.00 bits per heavy atom. The molecule has 2 heterocycles. The molecule has 2 atom stereocenters. The van der Waals surface area contributed by atoms with Crippen molar-refractivity contribution in [3.05, 3.63) is 77.1 Å². The van der Waals surface area contributed by atoms with E-state index >= 15 is 0 Å². The van der Waals surface area contributed by atoms with Crippen molar-refractivity contribution in [1.29, 1.82) is 0 Å². The van der Waals surface area contributed by atoms with Crippen LogP contribution in [0.25, 0.3) is 0 Å². The van der Waals surface area contributed by atoms with Gasteiger partial charge in [-0.1, -0.05) is 74.8 Å². The molecule has 1 aliphatic rings. The molecule has 0 N–H and O–H groups in total. The molecule has 144 valence electrons. The molecule has 0 bridgehead atoms. The number of aromatic nitrogens is 3. The molecule has 2 aromatic carbocycles. The van der Waals surface area contributed by atoms with Gasteiger partial charge in [0.1, 0.15) is 6.33 Å². The van der Waals surface area contributed by atoms with Crippen LogP contribution in [0.2, 0.25) is 5.02 Å². The van der Waals surface area contributed by atoms with Gasteiger partial charge in [-0.3, -0.25) is 9.69 Å². The summed E-state index contributed by atoms with van der Waals surface area (Å²) in [6, 6.07) is 17.8. The molecule has 4 rings (SSSR count). The lowest BCUT2D eigenvalue weighted by Gasteiger charge is -2.41. The Morgan fingerprint density at radius 2 is 1.64 bits per heavy atom. The Balaban J connectivity index is 1.86. The normalized spacial score (nSPS) is 19.4. The van der Waals surface area contributed by atoms with Gasteiger partial charge >= 0.3 is 0 Å². The van der Waals surface area contributed by atoms with Gasteiger partial charge in [-0.05, 0) is 29.7 Å². The van der Waals surface area contributed by atoms with E-state index in [1.54, 1.807) is 4.90 Å². The predicted octanol–water partition coefficient (Wildman–Crippen LogP) is 5.05. The number of halogens is 1. The van der Waals surface area contributed by atoms with Crippen molar-refractivity contribution in [3.63, 3.8) is 0 Å². The second kappa shape index (κ2) is 7.06. The topological polar surface area (TPSA) is 51.0 Å². The van der Waals surface area contributed by atoms with Crippen LogP contribution in [0.5, 0.6) is 0 Å². The Labute approximate surface area is 170 Å². The first kappa shape index (κ1) is 18.7. The smallest absolute Gasteiger partial charge is 0.235 e. The number of hydrogen-bond acceptors (Lipinski definition) is 3. The van der Waals surface area contributed by atoms with Crippen molar-refractivity contribution in [1.82, 2.24) is 14.8 Å². The van der Waals surface area contributed by atoms with Gasteiger partial charge in [-0.2, -0.15) is 10.1 Å². The number of rotatable bonds is 2. The summed E-state index contributed by atoms with van der Waals surface area (Å²) in [5.41, 5.74) is 1.65. The van der Waals surface area contributed by atoms with Crippen LogP contribution < -0.4 is 4.90 Å². The van der Waals surface area contributed by atoms with E-state index in [1.165, 1.54) is 6.33 Å². The Morgan fingerprint density at radius 3 is 2.29 bits per heavy atom. The third kappa shape index (κ3) is 3.31. The molecule has 1 amide bonds. The van der Waals surface area contributed by atoms with E-state index in [-0.39, 0.29) is 18.0 Å². The highest BCUT2D eigenvalue weighted by molar-refractivity contribution is 6.30. The highest BCUT2D eigenvalue weighted by Crippen LogP contribution is 2.43. The second-order valence-corrected chi connectivity index (χ2v) is 8.60. The lowest BCUT2D eigenvalue weighted by atomic mass is 9.88. The van der Waals surface area contributed by atoms with Gasteiger partial charge in [0.15, 0.2) is 0 Å². The van der Waals surface area contributed by atoms with Crippen molar-refractivity contribution in [3.8, 4) is 0 Å². The van der Waals surface area contributed by atoms with E-state index < -0.39 is 5.41 Å². The fraction of sp³-hybridized carbons (Fsp3) is 0.318. The van der Waals surface area contributed by atoms with Crippen LogP contribution in [0.3, 0.4) is 0 Å². The second-order valence-electron chi connectivity index (χ2n) is 8.16. The third-order valence-electron chi connectivity index (χ3n) is 5.12. The monoisotopic (exact) mass is 394 g/mol. The van der Waals surface area contributed by atoms with Gasteiger partial charge < -0.3 is 0 Å². The maximum atomic E-state index is 13.4. The first-order chi connectivity index (χ1) is 13.4. The maximum Gasteiger partial charge on any atom is 0.235 e. The SMILES string of the molecule is CC(C)(C)C(=O)N1c2ncnn2[C@H](c2ccccc2)C[C@@H]1c1ccc(Cl)cc1. The molecule has 28 heavy (non-hydrogen) atoms. The van der Waals surface area contributed by atoms with E-state index in [1.807, 2.05) is 67.9 Å². The third-order valence-corrected chi connectivity index (χ3v) is 5.37. The minimum Gasteiger partial charge on any atom is -0.274 e. The van der Waals surface area contributed by atoms with Crippen LogP contribution in [0.4, 0.5) is 5.95 Å². The van der Waals surface area contributed by atoms with Crippen LogP contribution in [-0.2, 0) is 4.79 Å². The number of carbonyl (C=O) groups is 1. The van der Waals surface area contributed by atoms with Gasteiger partial charge in [-0.25, -0.2) is 4.68 Å². The molecule has 3 aromatic rings. The molecule has 0 fully saturated rings. The van der Waals surface area contributed by atoms with Crippen molar-refractivity contribution in [2.45, 2.75) is 39.3 Å². The summed E-state index contributed by atoms with van der Waals surface area (Å²) in [5.74, 6) is 0.605. The average molecular weight is 395 g/mol. The maximum absolute atomic E-state index is 13.4. The molecule has 6 heteroatoms. The van der Waals surface area contributed by atoms with Crippen LogP contribution in [-0.4, -0.2) is 20.7 Å². The Kier molecular flexibility index (Phi) is 4.71. The zero-order valence-electron chi connectivity index (χ0n) is 16.2. The number of anilines is 1. The number of carbonyl (C=O) groups excluding carboxylic acids is 1. The molecule has 0 radical (unpaired) electrons. The highest BCUT2D eigenvalue weighted by Gasteiger charge is 2.42. The van der Waals surface area contributed by atoms with Gasteiger partial charge in [0.25, 0.3) is 0 Å². The predicted molar refractivity (Wildman–Crippen MR) is 110 cm³/mol. The first-order valence-corrected chi connectivity index (χ1v) is 9.77. The molecule has 0 spiro atoms. The lowest BCUT2D eigenvalue weighted by Crippen LogP contribution is -2.47. The molecule has 0 saturated heterocycles. The summed E-state index contributed by atoms with van der Waals surface area (Å²) >= 11 is 6.10. The minimum absolute atomic E-state index is 0.00314. The quantitative estimate of drug-likeness (QED) is 0.611. The fourth-order valence-corrected chi connectivity index (χ4v) is 3.83. The first-order valence-electron chi connectivity index (χ1n) is 9.40. The summed E-state index contributed by atoms with van der Waals surface area (Å²) < 4.78 is 1.87. The molecule has 0 saturated carbocycles. The molecule has 0 unspecified atom stereocenters. The van der Waals surface area contributed by atoms with Crippen molar-refractivity contribution < 1.29 is 4.79 Å². The van der Waals surface area contributed by atoms with E-state index in [2.05, 4.69) is 22.2 Å². The lowest BCUT2D eigenvalue weighted by molar-refractivity contribution is -0.126. The van der Waals surface area contributed by atoms with E-state index in [9.17, 15) is 4.79 Å². The highest BCUT2D eigenvalue weighted by atomic mass is 35.5. The summed E-state index contributed by atoms with van der Waals surface area (Å²) in [7, 11) is 0. The van der Waals surface area contributed by atoms with Gasteiger partial charge in [0.2, 0.25) is 11.9 Å². The number of amides is 1. The van der Waals surface area contributed by atoms with Crippen LogP contribution >= 0.6 is 11.6 Å². The Bertz CT molecular complexity index is 976. The van der Waals surface area contributed by atoms with Crippen molar-refractivity contribution in [2.24, 2.45) is 5.41 Å². The number of benzene rings is 2. The average Bonchev–Trinajstić information content (AvgIpc) is 3.16. The molecule has 5 nitrogen and oxygen atoms in total. The van der Waals surface area contributed by atoms with E-state index in [0.29, 0.717) is 17.4 Å². The van der Waals surface area contributed by atoms with Gasteiger partial charge in [0, 0.05) is 10.4 Å². The molecular formula is C22H23ClN4O. The largest absolute Gasteiger partial charge is 0.274 e. The van der Waals surface area contributed by atoms with E-state index in [4.69, 9.17) is 11.6 Å². The van der Waals surface area contributed by atoms with Crippen molar-refractivity contribution in [2.75, 3.05) is 4.90 Å². The molecule has 1 aliphatic heterocycles. The van der Waals surface area contributed by atoms with Crippen LogP contribution in [0, 0.1) is 5.41 Å². The van der Waals surface area contributed by atoms with Crippen LogP contribution in [0.1, 0.15) is 50.4 Å². The summed E-state index contributed by atoms with van der Waals surface area (Å²) in [4.78, 5) is 19.7. The zero-order valence-corrected chi connectivity index (χ0v) is 17.0. The van der Waals surface area contributed by atoms with Crippen molar-refractivity contribution >= 4 is 23.5 Å². The zero-order chi connectivity index (χ0) is 19.9. The van der Waals surface area contributed by atoms with Gasteiger partial charge in [0.05, 0.1) is 12.1 Å². The molecule has 1 aromatic heterocycles. The molecule has 0 aliphatic carbocycles. The number of fused-ring (bicyclic) bond motifs is 1. The summed E-state index contributed by atoms with van der Waals surface area (Å²) in [6.07, 6.45) is 2.24. The summed E-state index contributed by atoms with van der Waals surface area (Å²) in [6.45, 7) is 5.79. The molecular weight excluding hydrogens is 372 g/mol. The van der Waals surface area contributed by atoms with Gasteiger partial charge in [-0.15, -0.1) is 0 Å². The summed E-state index contributed by atoms with van der Waals surface area (Å²) in [5, 5.41) is 5.14.